The number of hydrogen-bond donors (Lipinski definition) is 4. The highest BCUT2D eigenvalue weighted by atomic mass is 16.5. The second-order valence-corrected chi connectivity index (χ2v) is 3.77. The van der Waals surface area contributed by atoms with Crippen LogP contribution in [0.3, 0.4) is 0 Å². The third-order valence-electron chi connectivity index (χ3n) is 2.54. The average molecular weight is 219 g/mol. The Morgan fingerprint density at radius 3 is 2.47 bits per heavy atom. The summed E-state index contributed by atoms with van der Waals surface area (Å²) in [5.74, 6) is -0.302. The first-order valence-electron chi connectivity index (χ1n) is 4.87. The number of aliphatic hydroxyl groups excluding tert-OH is 3. The van der Waals surface area contributed by atoms with Crippen LogP contribution >= 0.6 is 0 Å². The maximum atomic E-state index is 10.9. The van der Waals surface area contributed by atoms with Crippen LogP contribution in [0, 0.1) is 0 Å². The summed E-state index contributed by atoms with van der Waals surface area (Å²) in [6, 6.07) is -0.653. The molecule has 0 aromatic carbocycles. The van der Waals surface area contributed by atoms with Gasteiger partial charge in [0.05, 0.1) is 18.8 Å². The van der Waals surface area contributed by atoms with Gasteiger partial charge < -0.3 is 25.4 Å². The van der Waals surface area contributed by atoms with E-state index < -0.39 is 30.5 Å². The first-order chi connectivity index (χ1) is 6.97. The fourth-order valence-electron chi connectivity index (χ4n) is 1.74. The number of nitrogens with one attached hydrogen (secondary N) is 1. The van der Waals surface area contributed by atoms with Gasteiger partial charge in [0.25, 0.3) is 0 Å². The molecular weight excluding hydrogens is 202 g/mol. The van der Waals surface area contributed by atoms with Gasteiger partial charge in [-0.25, -0.2) is 0 Å². The molecule has 6 nitrogen and oxygen atoms in total. The fourth-order valence-corrected chi connectivity index (χ4v) is 1.74. The fraction of sp³-hybridized carbons (Fsp3) is 0.889. The second kappa shape index (κ2) is 4.89. The number of ether oxygens (including phenoxy) is 1. The van der Waals surface area contributed by atoms with E-state index in [9.17, 15) is 15.0 Å². The van der Waals surface area contributed by atoms with Crippen LogP contribution in [0.2, 0.25) is 0 Å². The van der Waals surface area contributed by atoms with Gasteiger partial charge in [-0.1, -0.05) is 0 Å². The maximum absolute atomic E-state index is 10.9. The highest BCUT2D eigenvalue weighted by Gasteiger charge is 2.42. The largest absolute Gasteiger partial charge is 0.394 e. The minimum absolute atomic E-state index is 0.302. The van der Waals surface area contributed by atoms with E-state index in [2.05, 4.69) is 5.32 Å². The molecule has 1 aliphatic rings. The Morgan fingerprint density at radius 2 is 2.00 bits per heavy atom. The van der Waals surface area contributed by atoms with Crippen molar-refractivity contribution in [2.24, 2.45) is 0 Å². The molecule has 4 N–H and O–H groups in total. The van der Waals surface area contributed by atoms with Crippen molar-refractivity contribution >= 4 is 5.91 Å². The molecule has 0 saturated carbocycles. The number of hydrogen-bond acceptors (Lipinski definition) is 5. The van der Waals surface area contributed by atoms with E-state index in [0.717, 1.165) is 0 Å². The van der Waals surface area contributed by atoms with Crippen molar-refractivity contribution in [3.8, 4) is 0 Å². The molecule has 1 aliphatic heterocycles. The van der Waals surface area contributed by atoms with Crippen molar-refractivity contribution in [1.82, 2.24) is 5.32 Å². The number of amides is 1. The van der Waals surface area contributed by atoms with Crippen molar-refractivity contribution in [2.75, 3.05) is 6.61 Å². The standard InChI is InChI=1S/C9H17NO5/c1-4-7(10-5(2)12)9(14)8(13)6(3-11)15-4/h4,6-9,11,13-14H,3H2,1-2H3,(H,10,12)/t4?,6?,7-,8-,9+/m0/s1. The normalized spacial score (nSPS) is 41.3. The van der Waals surface area contributed by atoms with Crippen molar-refractivity contribution in [3.63, 3.8) is 0 Å². The van der Waals surface area contributed by atoms with Crippen molar-refractivity contribution in [1.29, 1.82) is 0 Å². The molecule has 0 radical (unpaired) electrons. The SMILES string of the molecule is CC(=O)N[C@H]1C(C)OC(CO)[C@H](O)[C@@H]1O. The summed E-state index contributed by atoms with van der Waals surface area (Å²) in [6.45, 7) is 2.62. The Labute approximate surface area is 87.9 Å². The zero-order chi connectivity index (χ0) is 11.6. The zero-order valence-electron chi connectivity index (χ0n) is 8.75. The van der Waals surface area contributed by atoms with E-state index in [4.69, 9.17) is 9.84 Å². The Hall–Kier alpha value is -0.690. The van der Waals surface area contributed by atoms with Gasteiger partial charge in [0.2, 0.25) is 5.91 Å². The third kappa shape index (κ3) is 2.66. The zero-order valence-corrected chi connectivity index (χ0v) is 8.75. The lowest BCUT2D eigenvalue weighted by Crippen LogP contribution is -2.63. The lowest BCUT2D eigenvalue weighted by atomic mass is 9.93. The van der Waals surface area contributed by atoms with Crippen LogP contribution in [0.25, 0.3) is 0 Å². The Kier molecular flexibility index (Phi) is 4.04. The molecule has 88 valence electrons. The Balaban J connectivity index is 2.70. The predicted molar refractivity (Wildman–Crippen MR) is 51.0 cm³/mol. The van der Waals surface area contributed by atoms with Gasteiger partial charge in [0.1, 0.15) is 18.3 Å². The van der Waals surface area contributed by atoms with Crippen LogP contribution in [0.5, 0.6) is 0 Å². The first kappa shape index (κ1) is 12.4. The van der Waals surface area contributed by atoms with Crippen LogP contribution in [0.15, 0.2) is 0 Å². The van der Waals surface area contributed by atoms with Gasteiger partial charge in [0, 0.05) is 6.92 Å². The van der Waals surface area contributed by atoms with E-state index in [1.807, 2.05) is 0 Å². The average Bonchev–Trinajstić information content (AvgIpc) is 2.18. The van der Waals surface area contributed by atoms with Crippen molar-refractivity contribution in [3.05, 3.63) is 0 Å². The molecule has 5 atom stereocenters. The lowest BCUT2D eigenvalue weighted by Gasteiger charge is -2.41. The van der Waals surface area contributed by atoms with Gasteiger partial charge in [0.15, 0.2) is 0 Å². The van der Waals surface area contributed by atoms with E-state index in [-0.39, 0.29) is 12.5 Å². The van der Waals surface area contributed by atoms with Gasteiger partial charge in [-0.15, -0.1) is 0 Å². The molecule has 1 fully saturated rings. The monoisotopic (exact) mass is 219 g/mol. The summed E-state index contributed by atoms with van der Waals surface area (Å²) in [5.41, 5.74) is 0. The molecule has 0 aliphatic carbocycles. The summed E-state index contributed by atoms with van der Waals surface area (Å²) in [7, 11) is 0. The maximum Gasteiger partial charge on any atom is 0.217 e. The molecule has 1 amide bonds. The summed E-state index contributed by atoms with van der Waals surface area (Å²) in [4.78, 5) is 10.9. The third-order valence-corrected chi connectivity index (χ3v) is 2.54. The molecule has 1 saturated heterocycles. The van der Waals surface area contributed by atoms with E-state index in [1.165, 1.54) is 6.92 Å². The highest BCUT2D eigenvalue weighted by Crippen LogP contribution is 2.20. The molecule has 0 bridgehead atoms. The molecule has 0 aromatic heterocycles. The Morgan fingerprint density at radius 1 is 1.40 bits per heavy atom. The molecule has 0 aromatic rings. The van der Waals surface area contributed by atoms with Crippen LogP contribution in [0.4, 0.5) is 0 Å². The lowest BCUT2D eigenvalue weighted by molar-refractivity contribution is -0.190. The van der Waals surface area contributed by atoms with Gasteiger partial charge >= 0.3 is 0 Å². The van der Waals surface area contributed by atoms with E-state index >= 15 is 0 Å². The molecule has 0 spiro atoms. The minimum atomic E-state index is -1.19. The van der Waals surface area contributed by atoms with Crippen LogP contribution in [0.1, 0.15) is 13.8 Å². The second-order valence-electron chi connectivity index (χ2n) is 3.77. The molecule has 1 rings (SSSR count). The van der Waals surface area contributed by atoms with Gasteiger partial charge in [-0.2, -0.15) is 0 Å². The number of carbonyl (C=O) groups excluding carboxylic acids is 1. The molecule has 1 heterocycles. The number of rotatable bonds is 2. The molecular formula is C9H17NO5. The van der Waals surface area contributed by atoms with Gasteiger partial charge in [-0.05, 0) is 6.92 Å². The van der Waals surface area contributed by atoms with Crippen molar-refractivity contribution in [2.45, 2.75) is 44.3 Å². The van der Waals surface area contributed by atoms with Crippen LogP contribution in [-0.4, -0.2) is 58.3 Å². The van der Waals surface area contributed by atoms with Crippen molar-refractivity contribution < 1.29 is 24.9 Å². The topological polar surface area (TPSA) is 99.0 Å². The first-order valence-corrected chi connectivity index (χ1v) is 4.87. The van der Waals surface area contributed by atoms with Gasteiger partial charge in [-0.3, -0.25) is 4.79 Å². The summed E-state index contributed by atoms with van der Waals surface area (Å²) >= 11 is 0. The predicted octanol–water partition coefficient (Wildman–Crippen LogP) is -2.01. The molecule has 15 heavy (non-hydrogen) atoms. The Bertz CT molecular complexity index is 235. The smallest absolute Gasteiger partial charge is 0.217 e. The highest BCUT2D eigenvalue weighted by molar-refractivity contribution is 5.73. The molecule has 6 heteroatoms. The molecule has 2 unspecified atom stereocenters. The van der Waals surface area contributed by atoms with E-state index in [1.54, 1.807) is 6.92 Å². The minimum Gasteiger partial charge on any atom is -0.394 e. The van der Waals surface area contributed by atoms with Crippen LogP contribution < -0.4 is 5.32 Å². The van der Waals surface area contributed by atoms with Crippen LogP contribution in [-0.2, 0) is 9.53 Å². The van der Waals surface area contributed by atoms with E-state index in [0.29, 0.717) is 0 Å². The summed E-state index contributed by atoms with van der Waals surface area (Å²) < 4.78 is 5.26. The number of carbonyl (C=O) groups is 1. The number of aliphatic hydroxyl groups is 3. The quantitative estimate of drug-likeness (QED) is 0.430. The summed E-state index contributed by atoms with van der Waals surface area (Å²) in [6.07, 6.45) is -3.58. The summed E-state index contributed by atoms with van der Waals surface area (Å²) in [5, 5.41) is 30.6.